The van der Waals surface area contributed by atoms with Gasteiger partial charge in [-0.15, -0.1) is 0 Å². The molecule has 1 atom stereocenters. The van der Waals surface area contributed by atoms with Gasteiger partial charge in [-0.3, -0.25) is 0 Å². The lowest BCUT2D eigenvalue weighted by Crippen LogP contribution is -2.28. The fourth-order valence-corrected chi connectivity index (χ4v) is 3.43. The molecule has 0 saturated heterocycles. The molecule has 9 heteroatoms. The summed E-state index contributed by atoms with van der Waals surface area (Å²) in [6, 6.07) is 1.84. The zero-order chi connectivity index (χ0) is 15.8. The van der Waals surface area contributed by atoms with Crippen LogP contribution in [0.4, 0.5) is 8.78 Å². The normalized spacial score (nSPS) is 13.4. The predicted molar refractivity (Wildman–Crippen MR) is 73.3 cm³/mol. The molecule has 0 aliphatic heterocycles. The largest absolute Gasteiger partial charge is 0.324 e. The Morgan fingerprint density at radius 2 is 2.05 bits per heavy atom. The molecule has 0 bridgehead atoms. The summed E-state index contributed by atoms with van der Waals surface area (Å²) in [5, 5.41) is -0.440. The molecule has 0 radical (unpaired) electrons. The van der Waals surface area contributed by atoms with E-state index in [1.54, 1.807) is 0 Å². The Morgan fingerprint density at radius 1 is 1.38 bits per heavy atom. The number of nitrogens with zero attached hydrogens (tertiary/aromatic N) is 2. The topological polar surface area (TPSA) is 64.0 Å². The Bertz CT molecular complexity index is 777. The molecule has 1 aromatic heterocycles. The Labute approximate surface area is 125 Å². The van der Waals surface area contributed by atoms with Crippen molar-refractivity contribution in [2.24, 2.45) is 7.05 Å². The number of rotatable bonds is 4. The summed E-state index contributed by atoms with van der Waals surface area (Å²) in [5.74, 6) is -1.37. The minimum absolute atomic E-state index is 0.0746. The molecule has 21 heavy (non-hydrogen) atoms. The molecule has 1 N–H and O–H groups in total. The number of aryl methyl sites for hydroxylation is 1. The maximum Gasteiger partial charge on any atom is 0.261 e. The van der Waals surface area contributed by atoms with Gasteiger partial charge >= 0.3 is 0 Å². The van der Waals surface area contributed by atoms with Crippen molar-refractivity contribution in [3.63, 3.8) is 0 Å². The lowest BCUT2D eigenvalue weighted by molar-refractivity contribution is 0.540. The van der Waals surface area contributed by atoms with Gasteiger partial charge in [0.1, 0.15) is 16.8 Å². The highest BCUT2D eigenvalue weighted by atomic mass is 35.5. The van der Waals surface area contributed by atoms with E-state index in [9.17, 15) is 17.2 Å². The van der Waals surface area contributed by atoms with Crippen LogP contribution in [0.5, 0.6) is 0 Å². The molecule has 2 rings (SSSR count). The van der Waals surface area contributed by atoms with Crippen molar-refractivity contribution in [1.82, 2.24) is 14.3 Å². The minimum atomic E-state index is -4.05. The number of hydrogen-bond acceptors (Lipinski definition) is 3. The van der Waals surface area contributed by atoms with Gasteiger partial charge in [0.25, 0.3) is 10.0 Å². The Morgan fingerprint density at radius 3 is 2.62 bits per heavy atom. The van der Waals surface area contributed by atoms with E-state index in [1.165, 1.54) is 24.9 Å². The molecule has 114 valence electrons. The van der Waals surface area contributed by atoms with Crippen LogP contribution >= 0.6 is 11.6 Å². The fourth-order valence-electron chi connectivity index (χ4n) is 1.77. The van der Waals surface area contributed by atoms with Crippen molar-refractivity contribution in [2.75, 3.05) is 0 Å². The highest BCUT2D eigenvalue weighted by Crippen LogP contribution is 2.23. The molecule has 5 nitrogen and oxygen atoms in total. The second kappa shape index (κ2) is 5.70. The van der Waals surface area contributed by atoms with Gasteiger partial charge < -0.3 is 4.57 Å². The Kier molecular flexibility index (Phi) is 4.31. The monoisotopic (exact) mass is 335 g/mol. The van der Waals surface area contributed by atoms with Crippen LogP contribution in [0.25, 0.3) is 0 Å². The van der Waals surface area contributed by atoms with E-state index >= 15 is 0 Å². The molecule has 0 saturated carbocycles. The van der Waals surface area contributed by atoms with Crippen LogP contribution in [-0.4, -0.2) is 18.0 Å². The Balaban J connectivity index is 2.32. The number of nitrogens with one attached hydrogen (secondary N) is 1. The summed E-state index contributed by atoms with van der Waals surface area (Å²) in [6.07, 6.45) is 1.24. The zero-order valence-electron chi connectivity index (χ0n) is 11.1. The predicted octanol–water partition coefficient (Wildman–Crippen LogP) is 2.39. The van der Waals surface area contributed by atoms with E-state index in [4.69, 9.17) is 11.6 Å². The number of sulfonamides is 1. The highest BCUT2D eigenvalue weighted by molar-refractivity contribution is 7.89. The van der Waals surface area contributed by atoms with Crippen LogP contribution in [0.1, 0.15) is 18.5 Å². The first kappa shape index (κ1) is 15.9. The number of hydrogen-bond donors (Lipinski definition) is 1. The lowest BCUT2D eigenvalue weighted by atomic mass is 10.1. The molecule has 0 amide bonds. The third-order valence-corrected chi connectivity index (χ3v) is 4.87. The number of imidazole rings is 1. The van der Waals surface area contributed by atoms with Gasteiger partial charge in [0.2, 0.25) is 5.03 Å². The standard InChI is InChI=1S/C12H12ClF2N3O2S/c1-7(9-5-8(14)3-4-10(9)15)17-21(19,20)12-11(13)18(2)6-16-12/h3-7,17H,1-2H3. The first-order chi connectivity index (χ1) is 9.72. The number of benzene rings is 1. The van der Waals surface area contributed by atoms with E-state index in [-0.39, 0.29) is 15.7 Å². The second-order valence-electron chi connectivity index (χ2n) is 4.46. The number of aromatic nitrogens is 2. The van der Waals surface area contributed by atoms with Gasteiger partial charge in [0, 0.05) is 18.7 Å². The maximum absolute atomic E-state index is 13.6. The van der Waals surface area contributed by atoms with Crippen LogP contribution < -0.4 is 4.72 Å². The molecule has 0 fully saturated rings. The summed E-state index contributed by atoms with van der Waals surface area (Å²) in [5.41, 5.74) is -0.106. The third-order valence-electron chi connectivity index (χ3n) is 2.85. The van der Waals surface area contributed by atoms with Gasteiger partial charge in [-0.25, -0.2) is 26.9 Å². The Hall–Kier alpha value is -1.51. The summed E-state index contributed by atoms with van der Waals surface area (Å²) in [4.78, 5) is 3.69. The van der Waals surface area contributed by atoms with Gasteiger partial charge in [0.05, 0.1) is 6.33 Å². The molecule has 1 heterocycles. The molecule has 1 unspecified atom stereocenters. The smallest absolute Gasteiger partial charge is 0.261 e. The first-order valence-electron chi connectivity index (χ1n) is 5.86. The van der Waals surface area contributed by atoms with Crippen molar-refractivity contribution in [1.29, 1.82) is 0 Å². The van der Waals surface area contributed by atoms with E-state index < -0.39 is 27.7 Å². The van der Waals surface area contributed by atoms with Gasteiger partial charge in [0.15, 0.2) is 0 Å². The second-order valence-corrected chi connectivity index (χ2v) is 6.45. The van der Waals surface area contributed by atoms with Crippen molar-refractivity contribution in [3.05, 3.63) is 46.9 Å². The summed E-state index contributed by atoms with van der Waals surface area (Å²) < 4.78 is 54.6. The lowest BCUT2D eigenvalue weighted by Gasteiger charge is -2.14. The first-order valence-corrected chi connectivity index (χ1v) is 7.72. The molecular weight excluding hydrogens is 324 g/mol. The third kappa shape index (κ3) is 3.22. The highest BCUT2D eigenvalue weighted by Gasteiger charge is 2.26. The van der Waals surface area contributed by atoms with Gasteiger partial charge in [-0.1, -0.05) is 11.6 Å². The van der Waals surface area contributed by atoms with Crippen molar-refractivity contribution < 1.29 is 17.2 Å². The fraction of sp³-hybridized carbons (Fsp3) is 0.250. The molecule has 0 aliphatic rings. The zero-order valence-corrected chi connectivity index (χ0v) is 12.7. The van der Waals surface area contributed by atoms with Crippen LogP contribution in [0, 0.1) is 11.6 Å². The maximum atomic E-state index is 13.6. The summed E-state index contributed by atoms with van der Waals surface area (Å²) in [7, 11) is -2.52. The van der Waals surface area contributed by atoms with E-state index in [0.29, 0.717) is 0 Å². The SMILES string of the molecule is CC(NS(=O)(=O)c1ncn(C)c1Cl)c1cc(F)ccc1F. The molecule has 0 spiro atoms. The van der Waals surface area contributed by atoms with Crippen LogP contribution in [0.15, 0.2) is 29.6 Å². The molecule has 1 aromatic carbocycles. The van der Waals surface area contributed by atoms with Crippen LogP contribution in [-0.2, 0) is 17.1 Å². The summed E-state index contributed by atoms with van der Waals surface area (Å²) in [6.45, 7) is 1.40. The van der Waals surface area contributed by atoms with E-state index in [1.807, 2.05) is 0 Å². The van der Waals surface area contributed by atoms with Crippen LogP contribution in [0.2, 0.25) is 5.15 Å². The molecule has 0 aliphatic carbocycles. The minimum Gasteiger partial charge on any atom is -0.324 e. The average molecular weight is 336 g/mol. The quantitative estimate of drug-likeness (QED) is 0.933. The average Bonchev–Trinajstić information content (AvgIpc) is 2.73. The van der Waals surface area contributed by atoms with Crippen molar-refractivity contribution >= 4 is 21.6 Å². The van der Waals surface area contributed by atoms with Gasteiger partial charge in [-0.2, -0.15) is 0 Å². The van der Waals surface area contributed by atoms with Crippen LogP contribution in [0.3, 0.4) is 0 Å². The van der Waals surface area contributed by atoms with E-state index in [2.05, 4.69) is 9.71 Å². The van der Waals surface area contributed by atoms with E-state index in [0.717, 1.165) is 18.2 Å². The van der Waals surface area contributed by atoms with Crippen molar-refractivity contribution in [2.45, 2.75) is 18.0 Å². The number of halogens is 3. The summed E-state index contributed by atoms with van der Waals surface area (Å²) >= 11 is 5.83. The molecular formula is C12H12ClF2N3O2S. The van der Waals surface area contributed by atoms with Crippen molar-refractivity contribution in [3.8, 4) is 0 Å². The van der Waals surface area contributed by atoms with Gasteiger partial charge in [-0.05, 0) is 25.1 Å². The molecule has 2 aromatic rings.